The molecule has 162 valence electrons. The van der Waals surface area contributed by atoms with E-state index in [4.69, 9.17) is 4.74 Å². The number of benzene rings is 2. The second-order valence-electron chi connectivity index (χ2n) is 7.96. The number of ether oxygens (including phenoxy) is 1. The maximum Gasteiger partial charge on any atom is 0.242 e. The Morgan fingerprint density at radius 2 is 1.63 bits per heavy atom. The topological polar surface area (TPSA) is 58.6 Å². The van der Waals surface area contributed by atoms with Gasteiger partial charge in [0.1, 0.15) is 11.8 Å². The average Bonchev–Trinajstić information content (AvgIpc) is 2.74. The molecular weight excluding hydrogens is 376 g/mol. The number of nitrogens with zero attached hydrogens (tertiary/aromatic N) is 1. The Balaban J connectivity index is 2.24. The first-order chi connectivity index (χ1) is 14.2. The van der Waals surface area contributed by atoms with E-state index in [1.54, 1.807) is 18.9 Å². The van der Waals surface area contributed by atoms with Gasteiger partial charge in [-0.05, 0) is 68.5 Å². The molecule has 30 heavy (non-hydrogen) atoms. The Morgan fingerprint density at radius 3 is 2.20 bits per heavy atom. The number of hydrogen-bond acceptors (Lipinski definition) is 3. The van der Waals surface area contributed by atoms with E-state index in [1.165, 1.54) is 5.56 Å². The van der Waals surface area contributed by atoms with E-state index in [2.05, 4.69) is 12.2 Å². The summed E-state index contributed by atoms with van der Waals surface area (Å²) < 4.78 is 5.22. The van der Waals surface area contributed by atoms with Crippen molar-refractivity contribution in [2.45, 2.75) is 66.1 Å². The van der Waals surface area contributed by atoms with Crippen LogP contribution in [-0.4, -0.2) is 35.9 Å². The number of aryl methyl sites for hydroxylation is 2. The molecule has 0 bridgehead atoms. The molecule has 0 aliphatic rings. The van der Waals surface area contributed by atoms with Gasteiger partial charge in [0.05, 0.1) is 13.5 Å². The summed E-state index contributed by atoms with van der Waals surface area (Å²) in [4.78, 5) is 27.7. The SMILES string of the molecule is CC[C@@H](C)NC(=O)[C@H](C)N(Cc1ccc(OC)cc1)C(=O)Cc1ccc(C)c(C)c1. The van der Waals surface area contributed by atoms with Gasteiger partial charge >= 0.3 is 0 Å². The molecular formula is C25H34N2O3. The van der Waals surface area contributed by atoms with Crippen molar-refractivity contribution in [3.05, 3.63) is 64.7 Å². The highest BCUT2D eigenvalue weighted by molar-refractivity contribution is 5.88. The van der Waals surface area contributed by atoms with Crippen LogP contribution in [0.4, 0.5) is 0 Å². The standard InChI is InChI=1S/C25H34N2O3/c1-7-19(4)26-25(29)20(5)27(16-21-10-12-23(30-6)13-11-21)24(28)15-22-9-8-17(2)18(3)14-22/h8-14,19-20H,7,15-16H2,1-6H3,(H,26,29)/t19-,20+/m1/s1. The van der Waals surface area contributed by atoms with Gasteiger partial charge in [-0.25, -0.2) is 0 Å². The van der Waals surface area contributed by atoms with E-state index < -0.39 is 6.04 Å². The fourth-order valence-electron chi connectivity index (χ4n) is 3.17. The second kappa shape index (κ2) is 10.8. The molecule has 0 aliphatic carbocycles. The van der Waals surface area contributed by atoms with Gasteiger partial charge in [0.25, 0.3) is 0 Å². The Bertz CT molecular complexity index is 861. The third-order valence-corrected chi connectivity index (χ3v) is 5.61. The largest absolute Gasteiger partial charge is 0.497 e. The first-order valence-corrected chi connectivity index (χ1v) is 10.5. The highest BCUT2D eigenvalue weighted by Crippen LogP contribution is 2.17. The summed E-state index contributed by atoms with van der Waals surface area (Å²) in [5, 5.41) is 3.00. The fourth-order valence-corrected chi connectivity index (χ4v) is 3.17. The molecule has 2 atom stereocenters. The molecule has 2 aromatic rings. The summed E-state index contributed by atoms with van der Waals surface area (Å²) in [6, 6.07) is 13.1. The molecule has 2 rings (SSSR count). The molecule has 0 aromatic heterocycles. The lowest BCUT2D eigenvalue weighted by Crippen LogP contribution is -2.49. The third kappa shape index (κ3) is 6.34. The normalized spacial score (nSPS) is 12.7. The molecule has 5 nitrogen and oxygen atoms in total. The lowest BCUT2D eigenvalue weighted by atomic mass is 10.0. The highest BCUT2D eigenvalue weighted by Gasteiger charge is 2.27. The van der Waals surface area contributed by atoms with E-state index in [0.717, 1.165) is 28.9 Å². The van der Waals surface area contributed by atoms with Gasteiger partial charge in [-0.1, -0.05) is 37.3 Å². The monoisotopic (exact) mass is 410 g/mol. The third-order valence-electron chi connectivity index (χ3n) is 5.61. The number of carbonyl (C=O) groups is 2. The number of hydrogen-bond donors (Lipinski definition) is 1. The van der Waals surface area contributed by atoms with E-state index in [9.17, 15) is 9.59 Å². The molecule has 1 N–H and O–H groups in total. The Labute approximate surface area is 180 Å². The zero-order valence-electron chi connectivity index (χ0n) is 19.0. The molecule has 0 spiro atoms. The van der Waals surface area contributed by atoms with Crippen LogP contribution in [0.2, 0.25) is 0 Å². The van der Waals surface area contributed by atoms with Gasteiger partial charge in [0, 0.05) is 12.6 Å². The van der Waals surface area contributed by atoms with E-state index in [-0.39, 0.29) is 24.3 Å². The molecule has 0 aliphatic heterocycles. The summed E-state index contributed by atoms with van der Waals surface area (Å²) in [6.07, 6.45) is 1.10. The zero-order valence-corrected chi connectivity index (χ0v) is 19.0. The number of carbonyl (C=O) groups excluding carboxylic acids is 2. The van der Waals surface area contributed by atoms with Crippen LogP contribution in [0.3, 0.4) is 0 Å². The zero-order chi connectivity index (χ0) is 22.3. The van der Waals surface area contributed by atoms with Crippen molar-refractivity contribution < 1.29 is 14.3 Å². The highest BCUT2D eigenvalue weighted by atomic mass is 16.5. The lowest BCUT2D eigenvalue weighted by molar-refractivity contribution is -0.140. The predicted molar refractivity (Wildman–Crippen MR) is 121 cm³/mol. The van der Waals surface area contributed by atoms with Gasteiger partial charge in [0.2, 0.25) is 11.8 Å². The first-order valence-electron chi connectivity index (χ1n) is 10.5. The van der Waals surface area contributed by atoms with Crippen LogP contribution in [0.15, 0.2) is 42.5 Å². The van der Waals surface area contributed by atoms with Crippen LogP contribution < -0.4 is 10.1 Å². The van der Waals surface area contributed by atoms with Crippen LogP contribution in [0, 0.1) is 13.8 Å². The molecule has 0 saturated heterocycles. The molecule has 0 saturated carbocycles. The van der Waals surface area contributed by atoms with Crippen LogP contribution in [0.25, 0.3) is 0 Å². The fraction of sp³-hybridized carbons (Fsp3) is 0.440. The summed E-state index contributed by atoms with van der Waals surface area (Å²) >= 11 is 0. The van der Waals surface area contributed by atoms with Crippen LogP contribution >= 0.6 is 0 Å². The molecule has 2 amide bonds. The minimum atomic E-state index is -0.569. The molecule has 0 fully saturated rings. The van der Waals surface area contributed by atoms with E-state index in [0.29, 0.717) is 6.54 Å². The Kier molecular flexibility index (Phi) is 8.46. The van der Waals surface area contributed by atoms with E-state index >= 15 is 0 Å². The smallest absolute Gasteiger partial charge is 0.242 e. The van der Waals surface area contributed by atoms with Crippen molar-refractivity contribution in [2.75, 3.05) is 7.11 Å². The molecule has 0 heterocycles. The number of methoxy groups -OCH3 is 1. The minimum Gasteiger partial charge on any atom is -0.497 e. The van der Waals surface area contributed by atoms with Gasteiger partial charge in [0.15, 0.2) is 0 Å². The molecule has 2 aromatic carbocycles. The van der Waals surface area contributed by atoms with Gasteiger partial charge in [-0.15, -0.1) is 0 Å². The van der Waals surface area contributed by atoms with Gasteiger partial charge < -0.3 is 15.0 Å². The maximum atomic E-state index is 13.3. The Morgan fingerprint density at radius 1 is 1.00 bits per heavy atom. The van der Waals surface area contributed by atoms with Crippen molar-refractivity contribution in [3.8, 4) is 5.75 Å². The average molecular weight is 411 g/mol. The predicted octanol–water partition coefficient (Wildman–Crippen LogP) is 4.19. The van der Waals surface area contributed by atoms with Crippen molar-refractivity contribution in [3.63, 3.8) is 0 Å². The summed E-state index contributed by atoms with van der Waals surface area (Å²) in [5.74, 6) is 0.557. The Hall–Kier alpha value is -2.82. The lowest BCUT2D eigenvalue weighted by Gasteiger charge is -2.30. The van der Waals surface area contributed by atoms with Gasteiger partial charge in [-0.3, -0.25) is 9.59 Å². The summed E-state index contributed by atoms with van der Waals surface area (Å²) in [7, 11) is 1.62. The summed E-state index contributed by atoms with van der Waals surface area (Å²) in [6.45, 7) is 10.2. The van der Waals surface area contributed by atoms with Crippen LogP contribution in [0.5, 0.6) is 5.75 Å². The first kappa shape index (κ1) is 23.5. The van der Waals surface area contributed by atoms with Crippen molar-refractivity contribution in [2.24, 2.45) is 0 Å². The van der Waals surface area contributed by atoms with E-state index in [1.807, 2.05) is 63.2 Å². The second-order valence-corrected chi connectivity index (χ2v) is 7.96. The van der Waals surface area contributed by atoms with Crippen molar-refractivity contribution >= 4 is 11.8 Å². The minimum absolute atomic E-state index is 0.0673. The van der Waals surface area contributed by atoms with Gasteiger partial charge in [-0.2, -0.15) is 0 Å². The van der Waals surface area contributed by atoms with Crippen LogP contribution in [-0.2, 0) is 22.6 Å². The quantitative estimate of drug-likeness (QED) is 0.674. The maximum absolute atomic E-state index is 13.3. The van der Waals surface area contributed by atoms with Crippen molar-refractivity contribution in [1.82, 2.24) is 10.2 Å². The molecule has 0 radical (unpaired) electrons. The van der Waals surface area contributed by atoms with Crippen LogP contribution in [0.1, 0.15) is 49.4 Å². The molecule has 5 heteroatoms. The molecule has 0 unspecified atom stereocenters. The van der Waals surface area contributed by atoms with Crippen molar-refractivity contribution in [1.29, 1.82) is 0 Å². The number of nitrogens with one attached hydrogen (secondary N) is 1. The summed E-state index contributed by atoms with van der Waals surface area (Å²) in [5.41, 5.74) is 4.26. The number of amides is 2. The number of rotatable bonds is 9.